The summed E-state index contributed by atoms with van der Waals surface area (Å²) < 4.78 is 29.5. The van der Waals surface area contributed by atoms with Gasteiger partial charge in [0.25, 0.3) is 0 Å². The molecule has 0 bridgehead atoms. The average molecular weight is 424 g/mol. The van der Waals surface area contributed by atoms with E-state index >= 15 is 0 Å². The quantitative estimate of drug-likeness (QED) is 0.301. The third-order valence-corrected chi connectivity index (χ3v) is 0. The molecule has 0 unspecified atom stereocenters. The van der Waals surface area contributed by atoms with Gasteiger partial charge in [0.2, 0.25) is 0 Å². The Bertz CT molecular complexity index is 31.5. The van der Waals surface area contributed by atoms with Crippen molar-refractivity contribution in [1.29, 1.82) is 0 Å². The zero-order valence-corrected chi connectivity index (χ0v) is 13.0. The van der Waals surface area contributed by atoms with Crippen LogP contribution in [-0.2, 0) is 44.3 Å². The Morgan fingerprint density at radius 1 is 0.875 bits per heavy atom. The van der Waals surface area contributed by atoms with Gasteiger partial charge in [-0.15, -0.1) is 0 Å². The van der Waals surface area contributed by atoms with Crippen molar-refractivity contribution in [2.75, 3.05) is 0 Å². The maximum Gasteiger partial charge on any atom is 0 e. The van der Waals surface area contributed by atoms with Crippen molar-refractivity contribution in [3.8, 4) is 0 Å². The summed E-state index contributed by atoms with van der Waals surface area (Å²) in [5.74, 6) is 0. The van der Waals surface area contributed by atoms with E-state index < -0.39 is 18.1 Å². The second-order valence-electron chi connectivity index (χ2n) is 0.600. The first-order valence-electron chi connectivity index (χ1n) is 0.894. The van der Waals surface area contributed by atoms with E-state index in [-0.39, 0.29) is 72.4 Å². The van der Waals surface area contributed by atoms with Gasteiger partial charge in [0, 0.05) is 26.2 Å². The summed E-state index contributed by atoms with van der Waals surface area (Å²) in [6.45, 7) is 0. The van der Waals surface area contributed by atoms with Crippen LogP contribution in [-0.4, -0.2) is 60.9 Å². The van der Waals surface area contributed by atoms with E-state index in [0.717, 1.165) is 0 Å². The molecule has 0 amide bonds. The fourth-order valence-electron chi connectivity index (χ4n) is 0. The van der Waals surface area contributed by atoms with E-state index in [1.165, 1.54) is 0 Å². The molecule has 0 atom stereocenters. The molecule has 0 heterocycles. The molecule has 0 aliphatic rings. The fraction of sp³-hybridized carbons (Fsp3) is 0. The molecule has 0 saturated heterocycles. The van der Waals surface area contributed by atoms with E-state index in [1.54, 1.807) is 0 Å². The first-order valence-corrected chi connectivity index (χ1v) is 3.69. The molecule has 0 aromatic heterocycles. The Morgan fingerprint density at radius 3 is 0.875 bits per heavy atom. The normalized spacial score (nSPS) is 7.50. The summed E-state index contributed by atoms with van der Waals surface area (Å²) in [5, 5.41) is 0. The smallest absolute Gasteiger partial charge is 0 e. The molecule has 44 valence electrons. The monoisotopic (exact) mass is 424 g/mol. The SMILES string of the molecule is [LiH].[OH][Ti]([OH])([OH])[OH].[PbH2].[Zr]. The van der Waals surface area contributed by atoms with Crippen LogP contribution < -0.4 is 0 Å². The van der Waals surface area contributed by atoms with Crippen molar-refractivity contribution >= 4 is 46.2 Å². The molecule has 0 spiro atoms. The van der Waals surface area contributed by atoms with Crippen LogP contribution in [0.25, 0.3) is 0 Å². The number of rotatable bonds is 0. The number of hydrogen-bond acceptors (Lipinski definition) is 4. The van der Waals surface area contributed by atoms with Crippen molar-refractivity contribution in [3.63, 3.8) is 0 Å². The first kappa shape index (κ1) is 22.4. The molecule has 2 radical (unpaired) electrons. The van der Waals surface area contributed by atoms with Gasteiger partial charge in [-0.05, 0) is 0 Å². The van der Waals surface area contributed by atoms with Gasteiger partial charge in [-0.25, -0.2) is 0 Å². The third-order valence-electron chi connectivity index (χ3n) is 0. The standard InChI is InChI=1S/Li.4H2O.Pb.Ti.Zr.3H/h;4*1H2;;;;;;/q;;;;;;+4;;;;/p-4. The summed E-state index contributed by atoms with van der Waals surface area (Å²) in [7, 11) is 0. The summed E-state index contributed by atoms with van der Waals surface area (Å²) in [4.78, 5) is 0. The minimum Gasteiger partial charge on any atom is 0 e. The largest absolute Gasteiger partial charge is 0 e. The van der Waals surface area contributed by atoms with Crippen LogP contribution in [0.3, 0.4) is 0 Å². The summed E-state index contributed by atoms with van der Waals surface area (Å²) in [6.07, 6.45) is 0. The topological polar surface area (TPSA) is 80.9 Å². The average Bonchev–Trinajstić information content (AvgIpc) is 0.722. The van der Waals surface area contributed by atoms with Gasteiger partial charge in [0.05, 0.1) is 0 Å². The maximum atomic E-state index is 7.38. The molecule has 8 heavy (non-hydrogen) atoms. The maximum absolute atomic E-state index is 7.38. The minimum absolute atomic E-state index is 0. The van der Waals surface area contributed by atoms with Crippen LogP contribution in [0.2, 0.25) is 0 Å². The van der Waals surface area contributed by atoms with Crippen molar-refractivity contribution in [1.82, 2.24) is 0 Å². The molecule has 0 saturated carbocycles. The predicted molar refractivity (Wildman–Crippen MR) is 24.6 cm³/mol. The second-order valence-corrected chi connectivity index (χ2v) is 2.47. The first-order chi connectivity index (χ1) is 2.00. The fourth-order valence-corrected chi connectivity index (χ4v) is 0. The van der Waals surface area contributed by atoms with Crippen molar-refractivity contribution in [2.45, 2.75) is 0 Å². The summed E-state index contributed by atoms with van der Waals surface area (Å²) in [6, 6.07) is 0. The van der Waals surface area contributed by atoms with Crippen LogP contribution in [0.5, 0.6) is 0 Å². The molecule has 0 aliphatic carbocycles. The van der Waals surface area contributed by atoms with Crippen LogP contribution in [0.4, 0.5) is 0 Å². The van der Waals surface area contributed by atoms with E-state index in [0.29, 0.717) is 0 Å². The van der Waals surface area contributed by atoms with Gasteiger partial charge >= 0.3 is 79.1 Å². The molecule has 0 aliphatic heterocycles. The van der Waals surface area contributed by atoms with E-state index in [9.17, 15) is 0 Å². The van der Waals surface area contributed by atoms with Gasteiger partial charge in [0.15, 0.2) is 0 Å². The van der Waals surface area contributed by atoms with Crippen LogP contribution in [0.1, 0.15) is 0 Å². The van der Waals surface area contributed by atoms with Crippen LogP contribution in [0.15, 0.2) is 0 Å². The Hall–Kier alpha value is 2.96. The van der Waals surface area contributed by atoms with Gasteiger partial charge in [-0.2, -0.15) is 0 Å². The molecule has 4 nitrogen and oxygen atoms in total. The van der Waals surface area contributed by atoms with Gasteiger partial charge in [-0.3, -0.25) is 0 Å². The summed E-state index contributed by atoms with van der Waals surface area (Å²) in [5.41, 5.74) is 0. The molecule has 4 N–H and O–H groups in total. The molecule has 0 rings (SSSR count). The van der Waals surface area contributed by atoms with E-state index in [1.807, 2.05) is 0 Å². The molecule has 0 aromatic carbocycles. The predicted octanol–water partition coefficient (Wildman–Crippen LogP) is -3.80. The number of hydrogen-bond donors (Lipinski definition) is 4. The van der Waals surface area contributed by atoms with Crippen molar-refractivity contribution in [2.24, 2.45) is 0 Å². The Labute approximate surface area is 103 Å². The van der Waals surface area contributed by atoms with Gasteiger partial charge in [0.1, 0.15) is 0 Å². The second kappa shape index (κ2) is 9.96. The minimum atomic E-state index is -5.00. The Kier molecular flexibility index (Phi) is 27.9. The zero-order chi connectivity index (χ0) is 4.50. The third kappa shape index (κ3) is 64.9. The van der Waals surface area contributed by atoms with Gasteiger partial charge in [-0.1, -0.05) is 0 Å². The summed E-state index contributed by atoms with van der Waals surface area (Å²) >= 11 is -5.00. The molecular weight excluding hydrogens is 417 g/mol. The Balaban J connectivity index is -0.0000000267. The molecule has 8 heteroatoms. The van der Waals surface area contributed by atoms with E-state index in [4.69, 9.17) is 14.8 Å². The van der Waals surface area contributed by atoms with Crippen LogP contribution >= 0.6 is 0 Å². The molecular formula is H7LiO4PbTiZr. The van der Waals surface area contributed by atoms with Crippen molar-refractivity contribution < 1.29 is 59.1 Å². The van der Waals surface area contributed by atoms with Gasteiger partial charge < -0.3 is 0 Å². The molecule has 0 aromatic rings. The van der Waals surface area contributed by atoms with Crippen molar-refractivity contribution in [3.05, 3.63) is 0 Å². The molecule has 0 fully saturated rings. The Morgan fingerprint density at radius 2 is 0.875 bits per heavy atom. The zero-order valence-electron chi connectivity index (χ0n) is 3.50. The van der Waals surface area contributed by atoms with Crippen LogP contribution in [0, 0.1) is 0 Å². The van der Waals surface area contributed by atoms with E-state index in [2.05, 4.69) is 0 Å².